The average Bonchev–Trinajstić information content (AvgIpc) is 2.63. The number of alkyl carbamates (subject to hydrolysis) is 1. The molecule has 7 heteroatoms. The predicted molar refractivity (Wildman–Crippen MR) is 115 cm³/mol. The van der Waals surface area contributed by atoms with Gasteiger partial charge in [-0.25, -0.2) is 4.79 Å². The number of benzene rings is 1. The van der Waals surface area contributed by atoms with Gasteiger partial charge in [-0.1, -0.05) is 24.3 Å². The number of primary amides is 1. The summed E-state index contributed by atoms with van der Waals surface area (Å²) < 4.78 is 11.2. The van der Waals surface area contributed by atoms with Crippen LogP contribution in [-0.4, -0.2) is 43.3 Å². The van der Waals surface area contributed by atoms with Gasteiger partial charge in [0.15, 0.2) is 0 Å². The lowest BCUT2D eigenvalue weighted by molar-refractivity contribution is -0.118. The zero-order valence-corrected chi connectivity index (χ0v) is 18.4. The van der Waals surface area contributed by atoms with Crippen molar-refractivity contribution in [2.45, 2.75) is 77.7 Å². The lowest BCUT2D eigenvalue weighted by atomic mass is 10.1. The smallest absolute Gasteiger partial charge is 0.407 e. The van der Waals surface area contributed by atoms with Gasteiger partial charge in [-0.3, -0.25) is 4.79 Å². The van der Waals surface area contributed by atoms with Crippen LogP contribution in [0.25, 0.3) is 0 Å². The minimum absolute atomic E-state index is 0.0297. The summed E-state index contributed by atoms with van der Waals surface area (Å²) in [4.78, 5) is 22.6. The third-order valence-corrected chi connectivity index (χ3v) is 4.49. The predicted octanol–water partition coefficient (Wildman–Crippen LogP) is 2.90. The fourth-order valence-corrected chi connectivity index (χ4v) is 2.85. The normalized spacial score (nSPS) is 13.6. The first-order valence-electron chi connectivity index (χ1n) is 10.2. The Hall–Kier alpha value is -2.12. The molecule has 0 aliphatic heterocycles. The quantitative estimate of drug-likeness (QED) is 0.462. The summed E-state index contributed by atoms with van der Waals surface area (Å²) in [7, 11) is 1.86. The van der Waals surface area contributed by atoms with Crippen LogP contribution < -0.4 is 16.4 Å². The van der Waals surface area contributed by atoms with E-state index in [4.69, 9.17) is 15.2 Å². The summed E-state index contributed by atoms with van der Waals surface area (Å²) in [5, 5.41) is 5.95. The highest BCUT2D eigenvalue weighted by Crippen LogP contribution is 2.12. The van der Waals surface area contributed by atoms with Crippen LogP contribution in [0.1, 0.15) is 58.1 Å². The average molecular weight is 408 g/mol. The molecule has 0 aliphatic carbocycles. The second kappa shape index (κ2) is 12.4. The SMILES string of the molecule is CN[C@@H](CCC(N)=O)[C@@H](C)OCc1ccc(CCCNC(=O)OC(C)(C)C)cc1. The zero-order valence-electron chi connectivity index (χ0n) is 18.4. The molecule has 0 saturated carbocycles. The number of amides is 2. The number of likely N-dealkylation sites (N-methyl/N-ethyl adjacent to an activating group) is 1. The van der Waals surface area contributed by atoms with E-state index in [0.29, 0.717) is 26.0 Å². The van der Waals surface area contributed by atoms with Gasteiger partial charge in [0.05, 0.1) is 12.7 Å². The molecule has 0 unspecified atom stereocenters. The molecule has 0 fully saturated rings. The Morgan fingerprint density at radius 2 is 1.76 bits per heavy atom. The van der Waals surface area contributed by atoms with Gasteiger partial charge in [0.2, 0.25) is 5.91 Å². The number of hydrogen-bond donors (Lipinski definition) is 3. The van der Waals surface area contributed by atoms with Crippen LogP contribution >= 0.6 is 0 Å². The second-order valence-corrected chi connectivity index (χ2v) is 8.26. The summed E-state index contributed by atoms with van der Waals surface area (Å²) in [6, 6.07) is 8.36. The van der Waals surface area contributed by atoms with Crippen molar-refractivity contribution in [3.8, 4) is 0 Å². The Morgan fingerprint density at radius 3 is 2.31 bits per heavy atom. The molecule has 0 aliphatic rings. The molecular formula is C22H37N3O4. The van der Waals surface area contributed by atoms with E-state index in [0.717, 1.165) is 18.4 Å². The van der Waals surface area contributed by atoms with Crippen LogP contribution in [0.5, 0.6) is 0 Å². The summed E-state index contributed by atoms with van der Waals surface area (Å²) in [6.45, 7) is 8.62. The summed E-state index contributed by atoms with van der Waals surface area (Å²) in [5.74, 6) is -0.297. The molecule has 0 spiro atoms. The van der Waals surface area contributed by atoms with Crippen molar-refractivity contribution in [2.75, 3.05) is 13.6 Å². The van der Waals surface area contributed by atoms with Crippen molar-refractivity contribution in [2.24, 2.45) is 5.73 Å². The van der Waals surface area contributed by atoms with Crippen molar-refractivity contribution < 1.29 is 19.1 Å². The first-order valence-corrected chi connectivity index (χ1v) is 10.2. The van der Waals surface area contributed by atoms with Crippen molar-refractivity contribution in [1.82, 2.24) is 10.6 Å². The van der Waals surface area contributed by atoms with Crippen molar-refractivity contribution in [3.05, 3.63) is 35.4 Å². The minimum atomic E-state index is -0.478. The molecule has 0 aromatic heterocycles. The maximum absolute atomic E-state index is 11.6. The van der Waals surface area contributed by atoms with Gasteiger partial charge in [-0.15, -0.1) is 0 Å². The molecule has 0 radical (unpaired) electrons. The van der Waals surface area contributed by atoms with Crippen LogP contribution in [0, 0.1) is 0 Å². The van der Waals surface area contributed by atoms with Gasteiger partial charge in [0.25, 0.3) is 0 Å². The van der Waals surface area contributed by atoms with Crippen LogP contribution in [0.4, 0.5) is 4.79 Å². The Bertz CT molecular complexity index is 626. The van der Waals surface area contributed by atoms with Gasteiger partial charge in [0, 0.05) is 19.0 Å². The topological polar surface area (TPSA) is 103 Å². The Labute approximate surface area is 174 Å². The molecule has 4 N–H and O–H groups in total. The van der Waals surface area contributed by atoms with Crippen molar-refractivity contribution >= 4 is 12.0 Å². The number of aryl methyl sites for hydroxylation is 1. The maximum atomic E-state index is 11.6. The first kappa shape index (κ1) is 24.9. The number of nitrogens with two attached hydrogens (primary N) is 1. The molecule has 164 valence electrons. The van der Waals surface area contributed by atoms with Gasteiger partial charge in [0.1, 0.15) is 5.60 Å². The Kier molecular flexibility index (Phi) is 10.7. The summed E-state index contributed by atoms with van der Waals surface area (Å²) in [6.07, 6.45) is 2.31. The molecule has 7 nitrogen and oxygen atoms in total. The number of carbonyl (C=O) groups is 2. The van der Waals surface area contributed by atoms with Crippen LogP contribution in [0.15, 0.2) is 24.3 Å². The monoisotopic (exact) mass is 407 g/mol. The van der Waals surface area contributed by atoms with E-state index in [1.165, 1.54) is 5.56 Å². The van der Waals surface area contributed by atoms with E-state index in [-0.39, 0.29) is 24.1 Å². The van der Waals surface area contributed by atoms with Crippen LogP contribution in [-0.2, 0) is 27.3 Å². The molecule has 0 bridgehead atoms. The summed E-state index contributed by atoms with van der Waals surface area (Å²) in [5.41, 5.74) is 7.05. The maximum Gasteiger partial charge on any atom is 0.407 e. The zero-order chi connectivity index (χ0) is 21.9. The van der Waals surface area contributed by atoms with Gasteiger partial charge in [-0.2, -0.15) is 0 Å². The molecule has 0 saturated heterocycles. The third kappa shape index (κ3) is 11.5. The highest BCUT2D eigenvalue weighted by atomic mass is 16.6. The molecule has 29 heavy (non-hydrogen) atoms. The lowest BCUT2D eigenvalue weighted by Crippen LogP contribution is -2.38. The van der Waals surface area contributed by atoms with Crippen molar-refractivity contribution in [3.63, 3.8) is 0 Å². The standard InChI is InChI=1S/C22H37N3O4/c1-16(19(24-5)12-13-20(23)26)28-15-18-10-8-17(9-11-18)7-6-14-25-21(27)29-22(2,3)4/h8-11,16,19,24H,6-7,12-15H2,1-5H3,(H2,23,26)(H,25,27)/t16-,19+/m1/s1. The first-order chi connectivity index (χ1) is 13.6. The van der Waals surface area contributed by atoms with Gasteiger partial charge < -0.3 is 25.8 Å². The molecule has 2 amide bonds. The van der Waals surface area contributed by atoms with E-state index < -0.39 is 5.60 Å². The lowest BCUT2D eigenvalue weighted by Gasteiger charge is -2.23. The van der Waals surface area contributed by atoms with E-state index in [9.17, 15) is 9.59 Å². The highest BCUT2D eigenvalue weighted by molar-refractivity contribution is 5.73. The van der Waals surface area contributed by atoms with E-state index in [1.807, 2.05) is 34.7 Å². The molecule has 0 heterocycles. The third-order valence-electron chi connectivity index (χ3n) is 4.49. The largest absolute Gasteiger partial charge is 0.444 e. The molecule has 1 aromatic rings. The van der Waals surface area contributed by atoms with E-state index in [2.05, 4.69) is 34.9 Å². The van der Waals surface area contributed by atoms with Gasteiger partial charge >= 0.3 is 6.09 Å². The number of hydrogen-bond acceptors (Lipinski definition) is 5. The molecular weight excluding hydrogens is 370 g/mol. The number of rotatable bonds is 12. The number of carbonyl (C=O) groups excluding carboxylic acids is 2. The summed E-state index contributed by atoms with van der Waals surface area (Å²) >= 11 is 0. The minimum Gasteiger partial charge on any atom is -0.444 e. The molecule has 2 atom stereocenters. The Morgan fingerprint density at radius 1 is 1.14 bits per heavy atom. The molecule has 1 aromatic carbocycles. The fourth-order valence-electron chi connectivity index (χ4n) is 2.85. The molecule has 1 rings (SSSR count). The number of nitrogens with one attached hydrogen (secondary N) is 2. The van der Waals surface area contributed by atoms with E-state index in [1.54, 1.807) is 0 Å². The Balaban J connectivity index is 2.32. The van der Waals surface area contributed by atoms with Crippen molar-refractivity contribution in [1.29, 1.82) is 0 Å². The van der Waals surface area contributed by atoms with Crippen LogP contribution in [0.2, 0.25) is 0 Å². The highest BCUT2D eigenvalue weighted by Gasteiger charge is 2.17. The van der Waals surface area contributed by atoms with Gasteiger partial charge in [-0.05, 0) is 65.1 Å². The van der Waals surface area contributed by atoms with Crippen LogP contribution in [0.3, 0.4) is 0 Å². The fraction of sp³-hybridized carbons (Fsp3) is 0.636. The number of ether oxygens (including phenoxy) is 2. The second-order valence-electron chi connectivity index (χ2n) is 8.26. The van der Waals surface area contributed by atoms with E-state index >= 15 is 0 Å².